The van der Waals surface area contributed by atoms with E-state index < -0.39 is 0 Å². The van der Waals surface area contributed by atoms with Crippen molar-refractivity contribution in [1.29, 1.82) is 0 Å². The minimum absolute atomic E-state index is 0.0555. The van der Waals surface area contributed by atoms with Gasteiger partial charge in [-0.05, 0) is 86.0 Å². The highest BCUT2D eigenvalue weighted by atomic mass is 16.7. The maximum atomic E-state index is 15.2. The molecule has 9 rings (SSSR count). The third kappa shape index (κ3) is 6.34. The standard InChI is InChI=1S/C44H44N6O6/c1-4-48-28(2)36(44(53)50(32-9-11-35(51)12-10-32)33-20-30-13-14-46(3)42(30)45-24-33)21-39(48)37-22-40-41(56-27-55-40)23-38(37)43(52)49-25-31-8-6-5-7-29(31)19-34(49)26-47-15-17-54-18-16-47/h5-14,20-24,34,51H,4,15-19,25-27H2,1-3H3/t34-/m0/s1. The molecule has 6 heterocycles. The molecule has 56 heavy (non-hydrogen) atoms. The topological polar surface area (TPSA) is 115 Å². The molecular formula is C44H44N6O6. The van der Waals surface area contributed by atoms with Crippen molar-refractivity contribution in [1.82, 2.24) is 23.9 Å². The van der Waals surface area contributed by atoms with Crippen LogP contribution in [0.5, 0.6) is 17.2 Å². The zero-order valence-electron chi connectivity index (χ0n) is 31.8. The summed E-state index contributed by atoms with van der Waals surface area (Å²) in [6, 6.07) is 24.4. The lowest BCUT2D eigenvalue weighted by molar-refractivity contribution is 0.0193. The molecule has 0 unspecified atom stereocenters. The molecule has 3 aliphatic rings. The van der Waals surface area contributed by atoms with E-state index in [1.165, 1.54) is 5.56 Å². The van der Waals surface area contributed by atoms with Gasteiger partial charge in [-0.15, -0.1) is 0 Å². The van der Waals surface area contributed by atoms with Crippen LogP contribution in [0.1, 0.15) is 44.5 Å². The molecule has 3 aromatic carbocycles. The summed E-state index contributed by atoms with van der Waals surface area (Å²) >= 11 is 0. The summed E-state index contributed by atoms with van der Waals surface area (Å²) in [6.07, 6.45) is 4.38. The van der Waals surface area contributed by atoms with E-state index in [-0.39, 0.29) is 30.4 Å². The molecule has 1 N–H and O–H groups in total. The van der Waals surface area contributed by atoms with Crippen LogP contribution in [0.4, 0.5) is 11.4 Å². The van der Waals surface area contributed by atoms with Crippen LogP contribution < -0.4 is 14.4 Å². The Bertz CT molecular complexity index is 2460. The van der Waals surface area contributed by atoms with Gasteiger partial charge in [0.15, 0.2) is 11.5 Å². The summed E-state index contributed by atoms with van der Waals surface area (Å²) in [6.45, 7) is 8.80. The van der Waals surface area contributed by atoms with Crippen LogP contribution in [0, 0.1) is 6.92 Å². The second-order valence-corrected chi connectivity index (χ2v) is 14.7. The Morgan fingerprint density at radius 2 is 1.66 bits per heavy atom. The van der Waals surface area contributed by atoms with Crippen molar-refractivity contribution in [3.8, 4) is 28.5 Å². The number of fused-ring (bicyclic) bond motifs is 3. The van der Waals surface area contributed by atoms with Gasteiger partial charge in [0.1, 0.15) is 11.4 Å². The van der Waals surface area contributed by atoms with Crippen LogP contribution in [-0.2, 0) is 31.3 Å². The maximum Gasteiger partial charge on any atom is 0.264 e. The summed E-state index contributed by atoms with van der Waals surface area (Å²) in [7, 11) is 1.93. The summed E-state index contributed by atoms with van der Waals surface area (Å²) in [5.41, 5.74) is 7.45. The summed E-state index contributed by atoms with van der Waals surface area (Å²) < 4.78 is 21.4. The number of pyridine rings is 1. The zero-order valence-corrected chi connectivity index (χ0v) is 31.8. The number of ether oxygens (including phenoxy) is 3. The van der Waals surface area contributed by atoms with E-state index in [0.717, 1.165) is 54.0 Å². The van der Waals surface area contributed by atoms with Crippen LogP contribution in [0.3, 0.4) is 0 Å². The molecule has 286 valence electrons. The van der Waals surface area contributed by atoms with Gasteiger partial charge < -0.3 is 33.4 Å². The molecule has 12 nitrogen and oxygen atoms in total. The van der Waals surface area contributed by atoms with E-state index in [4.69, 9.17) is 19.2 Å². The summed E-state index contributed by atoms with van der Waals surface area (Å²) in [5, 5.41) is 11.0. The third-order valence-electron chi connectivity index (χ3n) is 11.4. The second kappa shape index (κ2) is 14.5. The second-order valence-electron chi connectivity index (χ2n) is 14.7. The Kier molecular flexibility index (Phi) is 9.22. The first-order valence-electron chi connectivity index (χ1n) is 19.1. The molecule has 1 atom stereocenters. The minimum Gasteiger partial charge on any atom is -0.508 e. The number of phenols is 1. The third-order valence-corrected chi connectivity index (χ3v) is 11.4. The van der Waals surface area contributed by atoms with Gasteiger partial charge in [0.2, 0.25) is 6.79 Å². The van der Waals surface area contributed by atoms with Gasteiger partial charge in [0.25, 0.3) is 11.8 Å². The largest absolute Gasteiger partial charge is 0.508 e. The van der Waals surface area contributed by atoms with E-state index in [2.05, 4.69) is 27.7 Å². The van der Waals surface area contributed by atoms with Crippen LogP contribution >= 0.6 is 0 Å². The van der Waals surface area contributed by atoms with Crippen molar-refractivity contribution in [2.24, 2.45) is 7.05 Å². The van der Waals surface area contributed by atoms with Crippen molar-refractivity contribution in [2.45, 2.75) is 39.4 Å². The molecule has 6 aromatic rings. The molecule has 12 heteroatoms. The Morgan fingerprint density at radius 3 is 2.43 bits per heavy atom. The van der Waals surface area contributed by atoms with Gasteiger partial charge in [0, 0.05) is 80.0 Å². The van der Waals surface area contributed by atoms with E-state index >= 15 is 4.79 Å². The maximum absolute atomic E-state index is 15.2. The SMILES string of the molecule is CCn1c(-c2cc3c(cc2C(=O)N2Cc4ccccc4C[C@H]2CN2CCOCC2)OCO3)cc(C(=O)N(c2ccc(O)cc2)c2cnc3c(ccn3C)c2)c1C. The number of anilines is 2. The van der Waals surface area contributed by atoms with Crippen LogP contribution in [0.15, 0.2) is 91.3 Å². The molecular weight excluding hydrogens is 709 g/mol. The zero-order chi connectivity index (χ0) is 38.5. The Hall–Kier alpha value is -6.11. The quantitative estimate of drug-likeness (QED) is 0.183. The molecule has 2 amide bonds. The number of rotatable bonds is 8. The number of carbonyl (C=O) groups excluding carboxylic acids is 2. The van der Waals surface area contributed by atoms with Gasteiger partial charge in [-0.2, -0.15) is 0 Å². The van der Waals surface area contributed by atoms with Crippen LogP contribution in [-0.4, -0.2) is 86.5 Å². The number of benzene rings is 3. The number of amides is 2. The number of aryl methyl sites for hydroxylation is 1. The van der Waals surface area contributed by atoms with Crippen LogP contribution in [0.2, 0.25) is 0 Å². The Balaban J connectivity index is 1.14. The number of phenolic OH excluding ortho intramolecular Hbond substituents is 1. The molecule has 3 aliphatic heterocycles. The van der Waals surface area contributed by atoms with Crippen LogP contribution in [0.25, 0.3) is 22.3 Å². The van der Waals surface area contributed by atoms with Crippen molar-refractivity contribution < 1.29 is 28.9 Å². The van der Waals surface area contributed by atoms with Crippen molar-refractivity contribution in [3.63, 3.8) is 0 Å². The number of hydrogen-bond acceptors (Lipinski definition) is 8. The highest BCUT2D eigenvalue weighted by Gasteiger charge is 2.35. The van der Waals surface area contributed by atoms with E-state index in [1.807, 2.05) is 66.9 Å². The van der Waals surface area contributed by atoms with E-state index in [0.29, 0.717) is 65.9 Å². The molecule has 0 spiro atoms. The first kappa shape index (κ1) is 35.6. The van der Waals surface area contributed by atoms with Gasteiger partial charge >= 0.3 is 0 Å². The average Bonchev–Trinajstić information content (AvgIpc) is 3.94. The lowest BCUT2D eigenvalue weighted by atomic mass is 9.92. The van der Waals surface area contributed by atoms with Gasteiger partial charge in [0.05, 0.1) is 36.2 Å². The molecule has 0 bridgehead atoms. The molecule has 0 aliphatic carbocycles. The first-order valence-corrected chi connectivity index (χ1v) is 19.1. The van der Waals surface area contributed by atoms with Crippen molar-refractivity contribution in [2.75, 3.05) is 44.5 Å². The number of carbonyl (C=O) groups is 2. The van der Waals surface area contributed by atoms with Gasteiger partial charge in [-0.3, -0.25) is 19.4 Å². The number of hydrogen-bond donors (Lipinski definition) is 1. The van der Waals surface area contributed by atoms with Gasteiger partial charge in [-0.25, -0.2) is 4.98 Å². The Labute approximate surface area is 325 Å². The Morgan fingerprint density at radius 1 is 0.911 bits per heavy atom. The lowest BCUT2D eigenvalue weighted by Crippen LogP contribution is -2.52. The predicted octanol–water partition coefficient (Wildman–Crippen LogP) is 6.68. The van der Waals surface area contributed by atoms with Gasteiger partial charge in [-0.1, -0.05) is 24.3 Å². The fourth-order valence-corrected chi connectivity index (χ4v) is 8.42. The van der Waals surface area contributed by atoms with Crippen molar-refractivity contribution >= 4 is 34.2 Å². The molecule has 1 fully saturated rings. The summed E-state index contributed by atoms with van der Waals surface area (Å²) in [4.78, 5) is 40.9. The van der Waals surface area contributed by atoms with E-state index in [1.54, 1.807) is 41.4 Å². The van der Waals surface area contributed by atoms with Crippen molar-refractivity contribution in [3.05, 3.63) is 119 Å². The first-order chi connectivity index (χ1) is 27.3. The highest BCUT2D eigenvalue weighted by molar-refractivity contribution is 6.13. The minimum atomic E-state index is -0.273. The number of nitrogens with zero attached hydrogens (tertiary/aromatic N) is 6. The highest BCUT2D eigenvalue weighted by Crippen LogP contribution is 2.42. The fourth-order valence-electron chi connectivity index (χ4n) is 8.42. The van der Waals surface area contributed by atoms with E-state index in [9.17, 15) is 9.90 Å². The fraction of sp³-hybridized carbons (Fsp3) is 0.295. The number of aromatic nitrogens is 3. The summed E-state index contributed by atoms with van der Waals surface area (Å²) in [5.74, 6) is 0.786. The normalized spacial score (nSPS) is 16.6. The molecule has 3 aromatic heterocycles. The predicted molar refractivity (Wildman–Crippen MR) is 213 cm³/mol. The average molecular weight is 753 g/mol. The smallest absolute Gasteiger partial charge is 0.264 e. The molecule has 0 radical (unpaired) electrons. The molecule has 0 saturated carbocycles. The monoisotopic (exact) mass is 752 g/mol. The number of aromatic hydroxyl groups is 1. The number of morpholine rings is 1. The lowest BCUT2D eigenvalue weighted by Gasteiger charge is -2.40. The molecule has 1 saturated heterocycles.